The van der Waals surface area contributed by atoms with E-state index >= 15 is 0 Å². The standard InChI is InChI=1S/C14H17BrN2/c1-10-13(9-16-17(10)14(2,3)4)11-6-5-7-12(15)8-11/h5-9H,1-4H3. The van der Waals surface area contributed by atoms with Crippen molar-refractivity contribution < 1.29 is 0 Å². The lowest BCUT2D eigenvalue weighted by Crippen LogP contribution is -2.24. The molecule has 1 aromatic carbocycles. The highest BCUT2D eigenvalue weighted by Crippen LogP contribution is 2.28. The van der Waals surface area contributed by atoms with Gasteiger partial charge in [-0.2, -0.15) is 5.10 Å². The molecule has 17 heavy (non-hydrogen) atoms. The molecule has 3 heteroatoms. The number of halogens is 1. The summed E-state index contributed by atoms with van der Waals surface area (Å²) >= 11 is 3.50. The molecule has 2 aromatic rings. The lowest BCUT2D eigenvalue weighted by molar-refractivity contribution is 0.348. The summed E-state index contributed by atoms with van der Waals surface area (Å²) in [7, 11) is 0. The zero-order chi connectivity index (χ0) is 12.6. The van der Waals surface area contributed by atoms with Gasteiger partial charge in [-0.05, 0) is 45.4 Å². The van der Waals surface area contributed by atoms with Crippen molar-refractivity contribution in [2.45, 2.75) is 33.2 Å². The second-order valence-electron chi connectivity index (χ2n) is 5.24. The molecule has 0 aliphatic rings. The largest absolute Gasteiger partial charge is 0.264 e. The van der Waals surface area contributed by atoms with Crippen LogP contribution in [0.4, 0.5) is 0 Å². The highest BCUT2D eigenvalue weighted by Gasteiger charge is 2.18. The maximum atomic E-state index is 4.49. The average molecular weight is 293 g/mol. The molecule has 0 aliphatic heterocycles. The van der Waals surface area contributed by atoms with Crippen LogP contribution in [0.5, 0.6) is 0 Å². The van der Waals surface area contributed by atoms with Gasteiger partial charge in [0.2, 0.25) is 0 Å². The minimum atomic E-state index is 0.0222. The molecule has 1 aromatic heterocycles. The van der Waals surface area contributed by atoms with Gasteiger partial charge in [0, 0.05) is 15.7 Å². The third-order valence-corrected chi connectivity index (χ3v) is 3.27. The van der Waals surface area contributed by atoms with Crippen LogP contribution < -0.4 is 0 Å². The predicted octanol–water partition coefficient (Wildman–Crippen LogP) is 4.38. The summed E-state index contributed by atoms with van der Waals surface area (Å²) in [6.07, 6.45) is 1.95. The first kappa shape index (κ1) is 12.4. The topological polar surface area (TPSA) is 17.8 Å². The zero-order valence-corrected chi connectivity index (χ0v) is 12.2. The second kappa shape index (κ2) is 4.30. The summed E-state index contributed by atoms with van der Waals surface area (Å²) in [5.41, 5.74) is 3.62. The smallest absolute Gasteiger partial charge is 0.0571 e. The molecule has 0 spiro atoms. The highest BCUT2D eigenvalue weighted by atomic mass is 79.9. The minimum absolute atomic E-state index is 0.0222. The Morgan fingerprint density at radius 2 is 1.94 bits per heavy atom. The average Bonchev–Trinajstić information content (AvgIpc) is 2.59. The Kier molecular flexibility index (Phi) is 3.13. The van der Waals surface area contributed by atoms with E-state index in [2.05, 4.69) is 65.5 Å². The van der Waals surface area contributed by atoms with Gasteiger partial charge in [-0.1, -0.05) is 28.1 Å². The fraction of sp³-hybridized carbons (Fsp3) is 0.357. The molecule has 0 unspecified atom stereocenters. The molecule has 90 valence electrons. The first-order valence-corrected chi connectivity index (χ1v) is 6.50. The number of hydrogen-bond donors (Lipinski definition) is 0. The van der Waals surface area contributed by atoms with Crippen molar-refractivity contribution in [3.8, 4) is 11.1 Å². The van der Waals surface area contributed by atoms with E-state index in [1.807, 2.05) is 18.3 Å². The van der Waals surface area contributed by atoms with Crippen LogP contribution in [0.2, 0.25) is 0 Å². The zero-order valence-electron chi connectivity index (χ0n) is 10.7. The van der Waals surface area contributed by atoms with Gasteiger partial charge in [0.1, 0.15) is 0 Å². The van der Waals surface area contributed by atoms with Crippen molar-refractivity contribution in [2.24, 2.45) is 0 Å². The molecule has 1 heterocycles. The van der Waals surface area contributed by atoms with Gasteiger partial charge in [-0.3, -0.25) is 4.68 Å². The molecule has 2 nitrogen and oxygen atoms in total. The van der Waals surface area contributed by atoms with Crippen LogP contribution in [0.15, 0.2) is 34.9 Å². The third kappa shape index (κ3) is 2.44. The van der Waals surface area contributed by atoms with E-state index in [-0.39, 0.29) is 5.54 Å². The van der Waals surface area contributed by atoms with Crippen LogP contribution >= 0.6 is 15.9 Å². The lowest BCUT2D eigenvalue weighted by atomic mass is 10.1. The first-order valence-electron chi connectivity index (χ1n) is 5.70. The number of rotatable bonds is 1. The Morgan fingerprint density at radius 1 is 1.24 bits per heavy atom. The molecule has 2 rings (SSSR count). The van der Waals surface area contributed by atoms with Crippen LogP contribution in [0.3, 0.4) is 0 Å². The van der Waals surface area contributed by atoms with E-state index in [1.165, 1.54) is 16.8 Å². The Bertz CT molecular complexity index is 535. The van der Waals surface area contributed by atoms with Gasteiger partial charge in [-0.15, -0.1) is 0 Å². The van der Waals surface area contributed by atoms with E-state index in [0.717, 1.165) is 4.47 Å². The van der Waals surface area contributed by atoms with Crippen LogP contribution in [0.1, 0.15) is 26.5 Å². The molecular formula is C14H17BrN2. The van der Waals surface area contributed by atoms with Gasteiger partial charge in [0.05, 0.1) is 11.7 Å². The summed E-state index contributed by atoms with van der Waals surface area (Å²) in [6, 6.07) is 8.32. The summed E-state index contributed by atoms with van der Waals surface area (Å²) in [4.78, 5) is 0. The van der Waals surface area contributed by atoms with Crippen molar-refractivity contribution in [2.75, 3.05) is 0 Å². The molecular weight excluding hydrogens is 276 g/mol. The summed E-state index contributed by atoms with van der Waals surface area (Å²) < 4.78 is 3.17. The van der Waals surface area contributed by atoms with Crippen LogP contribution in [0.25, 0.3) is 11.1 Å². The van der Waals surface area contributed by atoms with Crippen molar-refractivity contribution in [3.05, 3.63) is 40.6 Å². The maximum Gasteiger partial charge on any atom is 0.0571 e. The van der Waals surface area contributed by atoms with E-state index in [9.17, 15) is 0 Å². The quantitative estimate of drug-likeness (QED) is 0.763. The lowest BCUT2D eigenvalue weighted by Gasteiger charge is -2.21. The fourth-order valence-electron chi connectivity index (χ4n) is 2.03. The van der Waals surface area contributed by atoms with Crippen molar-refractivity contribution in [1.82, 2.24) is 9.78 Å². The van der Waals surface area contributed by atoms with Gasteiger partial charge in [0.25, 0.3) is 0 Å². The Labute approximate surface area is 111 Å². The van der Waals surface area contributed by atoms with Crippen LogP contribution in [-0.4, -0.2) is 9.78 Å². The molecule has 0 saturated heterocycles. The first-order chi connectivity index (χ1) is 7.89. The fourth-order valence-corrected chi connectivity index (χ4v) is 2.42. The number of hydrogen-bond acceptors (Lipinski definition) is 1. The highest BCUT2D eigenvalue weighted by molar-refractivity contribution is 9.10. The summed E-state index contributed by atoms with van der Waals surface area (Å²) in [5, 5.41) is 4.49. The maximum absolute atomic E-state index is 4.49. The van der Waals surface area contributed by atoms with Crippen LogP contribution in [0, 0.1) is 6.92 Å². The molecule has 0 fully saturated rings. The SMILES string of the molecule is Cc1c(-c2cccc(Br)c2)cnn1C(C)(C)C. The van der Waals surface area contributed by atoms with E-state index in [0.29, 0.717) is 0 Å². The molecule has 0 saturated carbocycles. The molecule has 0 radical (unpaired) electrons. The van der Waals surface area contributed by atoms with Crippen LogP contribution in [-0.2, 0) is 5.54 Å². The summed E-state index contributed by atoms with van der Waals surface area (Å²) in [5.74, 6) is 0. The Hall–Kier alpha value is -1.09. The molecule has 0 bridgehead atoms. The second-order valence-corrected chi connectivity index (χ2v) is 6.15. The van der Waals surface area contributed by atoms with Gasteiger partial charge < -0.3 is 0 Å². The summed E-state index contributed by atoms with van der Waals surface area (Å²) in [6.45, 7) is 8.61. The molecule has 0 atom stereocenters. The third-order valence-electron chi connectivity index (χ3n) is 2.78. The predicted molar refractivity (Wildman–Crippen MR) is 75.1 cm³/mol. The number of aromatic nitrogens is 2. The normalized spacial score (nSPS) is 11.8. The van der Waals surface area contributed by atoms with Crippen molar-refractivity contribution in [1.29, 1.82) is 0 Å². The monoisotopic (exact) mass is 292 g/mol. The molecule has 0 N–H and O–H groups in total. The number of benzene rings is 1. The van der Waals surface area contributed by atoms with Gasteiger partial charge >= 0.3 is 0 Å². The van der Waals surface area contributed by atoms with Gasteiger partial charge in [0.15, 0.2) is 0 Å². The Morgan fingerprint density at radius 3 is 2.47 bits per heavy atom. The Balaban J connectivity index is 2.52. The van der Waals surface area contributed by atoms with E-state index in [4.69, 9.17) is 0 Å². The molecule has 0 aliphatic carbocycles. The van der Waals surface area contributed by atoms with E-state index in [1.54, 1.807) is 0 Å². The minimum Gasteiger partial charge on any atom is -0.264 e. The van der Waals surface area contributed by atoms with Crippen molar-refractivity contribution in [3.63, 3.8) is 0 Å². The molecule has 0 amide bonds. The van der Waals surface area contributed by atoms with Crippen molar-refractivity contribution >= 4 is 15.9 Å². The number of nitrogens with zero attached hydrogens (tertiary/aromatic N) is 2. The van der Waals surface area contributed by atoms with E-state index < -0.39 is 0 Å². The van der Waals surface area contributed by atoms with Gasteiger partial charge in [-0.25, -0.2) is 0 Å².